The van der Waals surface area contributed by atoms with Gasteiger partial charge in [0.15, 0.2) is 10.9 Å². The van der Waals surface area contributed by atoms with Crippen LogP contribution in [0.3, 0.4) is 0 Å². The first-order valence-corrected chi connectivity index (χ1v) is 9.50. The summed E-state index contributed by atoms with van der Waals surface area (Å²) in [6, 6.07) is 7.37. The largest absolute Gasteiger partial charge is 0.454 e. The number of esters is 1. The summed E-state index contributed by atoms with van der Waals surface area (Å²) in [5.74, 6) is -1.70. The Balaban J connectivity index is 1.74. The third-order valence-corrected chi connectivity index (χ3v) is 4.99. The second kappa shape index (κ2) is 8.36. The number of carbonyl (C=O) groups is 3. The van der Waals surface area contributed by atoms with Crippen molar-refractivity contribution >= 4 is 39.8 Å². The molecular weight excluding hydrogens is 397 g/mol. The van der Waals surface area contributed by atoms with Crippen LogP contribution in [-0.4, -0.2) is 27.2 Å². The number of aryl methyl sites for hydroxylation is 1. The number of para-hydroxylation sites is 1. The van der Waals surface area contributed by atoms with Crippen LogP contribution in [0.25, 0.3) is 0 Å². The number of aromatic nitrogens is 2. The predicted molar refractivity (Wildman–Crippen MR) is 106 cm³/mol. The van der Waals surface area contributed by atoms with E-state index < -0.39 is 17.7 Å². The molecule has 7 nitrogen and oxygen atoms in total. The summed E-state index contributed by atoms with van der Waals surface area (Å²) in [5, 5.41) is 1.90. The van der Waals surface area contributed by atoms with Gasteiger partial charge in [-0.25, -0.2) is 14.2 Å². The van der Waals surface area contributed by atoms with Gasteiger partial charge in [0.05, 0.1) is 11.4 Å². The van der Waals surface area contributed by atoms with Crippen LogP contribution in [0.5, 0.6) is 0 Å². The molecule has 2 aromatic heterocycles. The van der Waals surface area contributed by atoms with Crippen molar-refractivity contribution < 1.29 is 23.5 Å². The van der Waals surface area contributed by atoms with Crippen LogP contribution in [-0.2, 0) is 23.2 Å². The van der Waals surface area contributed by atoms with E-state index in [0.717, 1.165) is 11.3 Å². The fraction of sp³-hybridized carbons (Fsp3) is 0.200. The van der Waals surface area contributed by atoms with E-state index in [1.807, 2.05) is 0 Å². The Kier molecular flexibility index (Phi) is 5.88. The molecule has 2 heterocycles. The molecule has 0 aliphatic carbocycles. The van der Waals surface area contributed by atoms with Gasteiger partial charge < -0.3 is 9.30 Å². The van der Waals surface area contributed by atoms with E-state index in [2.05, 4.69) is 4.98 Å². The van der Waals surface area contributed by atoms with Crippen LogP contribution in [0.15, 0.2) is 41.9 Å². The molecule has 1 aromatic carbocycles. The Morgan fingerprint density at radius 3 is 2.59 bits per heavy atom. The third-order valence-electron chi connectivity index (χ3n) is 4.11. The Hall–Kier alpha value is -3.33. The van der Waals surface area contributed by atoms with E-state index in [1.165, 1.54) is 47.6 Å². The number of anilines is 2. The van der Waals surface area contributed by atoms with E-state index in [1.54, 1.807) is 24.7 Å². The van der Waals surface area contributed by atoms with Gasteiger partial charge in [-0.05, 0) is 25.1 Å². The van der Waals surface area contributed by atoms with Crippen molar-refractivity contribution in [3.05, 3.63) is 64.7 Å². The van der Waals surface area contributed by atoms with Gasteiger partial charge in [-0.2, -0.15) is 0 Å². The average Bonchev–Trinajstić information content (AvgIpc) is 3.28. The minimum Gasteiger partial charge on any atom is -0.454 e. The smallest absolute Gasteiger partial charge is 0.355 e. The number of benzene rings is 1. The Morgan fingerprint density at radius 2 is 1.97 bits per heavy atom. The number of halogens is 1. The van der Waals surface area contributed by atoms with Crippen LogP contribution < -0.4 is 4.90 Å². The summed E-state index contributed by atoms with van der Waals surface area (Å²) in [6.07, 6.45) is 1.55. The van der Waals surface area contributed by atoms with E-state index in [4.69, 9.17) is 4.74 Å². The summed E-state index contributed by atoms with van der Waals surface area (Å²) < 4.78 is 20.9. The molecule has 0 spiro atoms. The van der Waals surface area contributed by atoms with Gasteiger partial charge >= 0.3 is 5.97 Å². The van der Waals surface area contributed by atoms with Crippen molar-refractivity contribution in [3.8, 4) is 0 Å². The zero-order valence-electron chi connectivity index (χ0n) is 16.0. The SMILES string of the molecule is CC(=O)c1cc(C(=O)OCc2csc(N(C(C)=O)c3ccccc3F)n2)n(C)c1. The Labute approximate surface area is 170 Å². The number of ether oxygens (including phenoxy) is 1. The van der Waals surface area contributed by atoms with Crippen molar-refractivity contribution in [3.63, 3.8) is 0 Å². The lowest BCUT2D eigenvalue weighted by Crippen LogP contribution is -2.23. The molecule has 29 heavy (non-hydrogen) atoms. The zero-order chi connectivity index (χ0) is 21.1. The first-order valence-electron chi connectivity index (χ1n) is 8.62. The molecule has 0 aliphatic rings. The molecule has 0 radical (unpaired) electrons. The van der Waals surface area contributed by atoms with Gasteiger partial charge in [-0.3, -0.25) is 14.5 Å². The predicted octanol–water partition coefficient (Wildman–Crippen LogP) is 3.86. The fourth-order valence-corrected chi connectivity index (χ4v) is 3.54. The molecule has 3 aromatic rings. The maximum atomic E-state index is 14.1. The summed E-state index contributed by atoms with van der Waals surface area (Å²) in [6.45, 7) is 2.60. The molecule has 3 rings (SSSR count). The summed E-state index contributed by atoms with van der Waals surface area (Å²) in [5.41, 5.74) is 1.17. The number of rotatable bonds is 6. The lowest BCUT2D eigenvalue weighted by atomic mass is 10.2. The van der Waals surface area contributed by atoms with Gasteiger partial charge in [0.1, 0.15) is 18.1 Å². The molecule has 0 saturated heterocycles. The average molecular weight is 415 g/mol. The van der Waals surface area contributed by atoms with Gasteiger partial charge in [-0.15, -0.1) is 11.3 Å². The van der Waals surface area contributed by atoms with Gasteiger partial charge in [0.25, 0.3) is 0 Å². The molecule has 0 N–H and O–H groups in total. The highest BCUT2D eigenvalue weighted by molar-refractivity contribution is 7.14. The standard InChI is InChI=1S/C20H18FN3O4S/c1-12(25)14-8-18(23(3)9-14)19(27)28-10-15-11-29-20(22-15)24(13(2)26)17-7-5-4-6-16(17)21/h4-9,11H,10H2,1-3H3. The topological polar surface area (TPSA) is 81.5 Å². The van der Waals surface area contributed by atoms with Crippen LogP contribution in [0, 0.1) is 5.82 Å². The highest BCUT2D eigenvalue weighted by Gasteiger charge is 2.21. The van der Waals surface area contributed by atoms with Crippen LogP contribution >= 0.6 is 11.3 Å². The number of nitrogens with zero attached hydrogens (tertiary/aromatic N) is 3. The Morgan fingerprint density at radius 1 is 1.24 bits per heavy atom. The number of amides is 1. The molecule has 0 aliphatic heterocycles. The summed E-state index contributed by atoms with van der Waals surface area (Å²) in [4.78, 5) is 41.3. The molecule has 0 fully saturated rings. The number of Topliss-reactive ketones (excluding diaryl/α,β-unsaturated/α-hetero) is 1. The maximum absolute atomic E-state index is 14.1. The molecular formula is C20H18FN3O4S. The normalized spacial score (nSPS) is 10.6. The number of ketones is 1. The lowest BCUT2D eigenvalue weighted by Gasteiger charge is -2.18. The van der Waals surface area contributed by atoms with Crippen molar-refractivity contribution in [2.45, 2.75) is 20.5 Å². The van der Waals surface area contributed by atoms with Crippen molar-refractivity contribution in [2.75, 3.05) is 4.90 Å². The highest BCUT2D eigenvalue weighted by atomic mass is 32.1. The van der Waals surface area contributed by atoms with E-state index >= 15 is 0 Å². The quantitative estimate of drug-likeness (QED) is 0.451. The second-order valence-electron chi connectivity index (χ2n) is 6.28. The molecule has 0 saturated carbocycles. The zero-order valence-corrected chi connectivity index (χ0v) is 16.8. The lowest BCUT2D eigenvalue weighted by molar-refractivity contribution is -0.115. The first-order chi connectivity index (χ1) is 13.8. The van der Waals surface area contributed by atoms with Gasteiger partial charge in [0, 0.05) is 31.1 Å². The molecule has 0 atom stereocenters. The molecule has 1 amide bonds. The van der Waals surface area contributed by atoms with Gasteiger partial charge in [0.2, 0.25) is 5.91 Å². The monoisotopic (exact) mass is 415 g/mol. The molecule has 0 unspecified atom stereocenters. The number of thiazole rings is 1. The van der Waals surface area contributed by atoms with E-state index in [0.29, 0.717) is 11.3 Å². The maximum Gasteiger partial charge on any atom is 0.355 e. The van der Waals surface area contributed by atoms with Crippen LogP contribution in [0.4, 0.5) is 15.2 Å². The molecule has 0 bridgehead atoms. The van der Waals surface area contributed by atoms with Crippen LogP contribution in [0.1, 0.15) is 40.4 Å². The molecule has 150 valence electrons. The second-order valence-corrected chi connectivity index (χ2v) is 7.12. The minimum absolute atomic E-state index is 0.0958. The summed E-state index contributed by atoms with van der Waals surface area (Å²) >= 11 is 1.13. The van der Waals surface area contributed by atoms with Crippen LogP contribution in [0.2, 0.25) is 0 Å². The van der Waals surface area contributed by atoms with E-state index in [-0.39, 0.29) is 28.9 Å². The molecule has 9 heteroatoms. The first kappa shape index (κ1) is 20.4. The summed E-state index contributed by atoms with van der Waals surface area (Å²) in [7, 11) is 1.64. The van der Waals surface area contributed by atoms with Crippen molar-refractivity contribution in [1.29, 1.82) is 0 Å². The highest BCUT2D eigenvalue weighted by Crippen LogP contribution is 2.30. The van der Waals surface area contributed by atoms with Crippen molar-refractivity contribution in [1.82, 2.24) is 9.55 Å². The number of carbonyl (C=O) groups excluding carboxylic acids is 3. The minimum atomic E-state index is -0.605. The van der Waals surface area contributed by atoms with E-state index in [9.17, 15) is 18.8 Å². The Bertz CT molecular complexity index is 1090. The van der Waals surface area contributed by atoms with Gasteiger partial charge in [-0.1, -0.05) is 12.1 Å². The fourth-order valence-electron chi connectivity index (χ4n) is 2.68. The van der Waals surface area contributed by atoms with Crippen molar-refractivity contribution in [2.24, 2.45) is 7.05 Å². The third kappa shape index (κ3) is 4.40. The number of hydrogen-bond acceptors (Lipinski definition) is 6. The number of hydrogen-bond donors (Lipinski definition) is 0.